The Kier molecular flexibility index (Phi) is 5.69. The van der Waals surface area contributed by atoms with Gasteiger partial charge in [0, 0.05) is 23.1 Å². The van der Waals surface area contributed by atoms with Gasteiger partial charge in [-0.25, -0.2) is 4.98 Å². The van der Waals surface area contributed by atoms with Crippen molar-refractivity contribution in [2.75, 3.05) is 17.7 Å². The molecule has 0 aliphatic heterocycles. The van der Waals surface area contributed by atoms with Gasteiger partial charge in [0.2, 0.25) is 0 Å². The molecule has 0 saturated carbocycles. The van der Waals surface area contributed by atoms with Crippen molar-refractivity contribution in [3.05, 3.63) is 69.2 Å². The van der Waals surface area contributed by atoms with Crippen molar-refractivity contribution in [2.45, 2.75) is 0 Å². The molecule has 11 heteroatoms. The minimum absolute atomic E-state index is 0.0223. The minimum Gasteiger partial charge on any atom is -0.506 e. The van der Waals surface area contributed by atoms with Gasteiger partial charge in [0.25, 0.3) is 17.5 Å². The number of thiazole rings is 1. The van der Waals surface area contributed by atoms with Crippen LogP contribution in [0.3, 0.4) is 0 Å². The molecular formula is C18H14N4O6S. The van der Waals surface area contributed by atoms with Crippen molar-refractivity contribution in [1.82, 2.24) is 4.98 Å². The van der Waals surface area contributed by atoms with Crippen molar-refractivity contribution >= 4 is 39.7 Å². The Hall–Kier alpha value is -3.99. The van der Waals surface area contributed by atoms with Gasteiger partial charge in [-0.2, -0.15) is 0 Å². The molecule has 1 heterocycles. The van der Waals surface area contributed by atoms with Gasteiger partial charge in [-0.05, 0) is 30.3 Å². The third-order valence-corrected chi connectivity index (χ3v) is 4.51. The van der Waals surface area contributed by atoms with E-state index in [4.69, 9.17) is 4.74 Å². The van der Waals surface area contributed by atoms with Gasteiger partial charge in [-0.1, -0.05) is 0 Å². The first-order chi connectivity index (χ1) is 13.9. The summed E-state index contributed by atoms with van der Waals surface area (Å²) in [5.41, 5.74) is -0.0516. The first kappa shape index (κ1) is 19.8. The Bertz CT molecular complexity index is 1080. The van der Waals surface area contributed by atoms with Crippen LogP contribution < -0.4 is 15.4 Å². The predicted molar refractivity (Wildman–Crippen MR) is 106 cm³/mol. The number of aromatic nitrogens is 1. The fourth-order valence-electron chi connectivity index (χ4n) is 2.27. The van der Waals surface area contributed by atoms with Crippen LogP contribution in [-0.4, -0.2) is 33.9 Å². The molecule has 3 rings (SSSR count). The molecule has 0 unspecified atom stereocenters. The van der Waals surface area contributed by atoms with Gasteiger partial charge < -0.3 is 15.2 Å². The minimum atomic E-state index is -0.693. The van der Waals surface area contributed by atoms with Crippen LogP contribution in [0.15, 0.2) is 47.8 Å². The number of nitro groups is 1. The van der Waals surface area contributed by atoms with Crippen molar-refractivity contribution in [2.24, 2.45) is 0 Å². The second kappa shape index (κ2) is 8.35. The lowest BCUT2D eigenvalue weighted by Gasteiger charge is -2.05. The summed E-state index contributed by atoms with van der Waals surface area (Å²) in [4.78, 5) is 38.8. The fraction of sp³-hybridized carbons (Fsp3) is 0.0556. The maximum absolute atomic E-state index is 12.3. The van der Waals surface area contributed by atoms with Gasteiger partial charge in [0.05, 0.1) is 17.7 Å². The summed E-state index contributed by atoms with van der Waals surface area (Å²) in [5, 5.41) is 27.2. The zero-order valence-corrected chi connectivity index (χ0v) is 15.7. The highest BCUT2D eigenvalue weighted by Gasteiger charge is 2.17. The van der Waals surface area contributed by atoms with E-state index in [9.17, 15) is 24.8 Å². The van der Waals surface area contributed by atoms with E-state index in [2.05, 4.69) is 15.6 Å². The van der Waals surface area contributed by atoms with Crippen molar-refractivity contribution in [3.63, 3.8) is 0 Å². The molecule has 3 N–H and O–H groups in total. The Morgan fingerprint density at radius 2 is 1.86 bits per heavy atom. The number of phenolic OH excluding ortho intramolecular Hbond substituents is 1. The number of aromatic hydroxyl groups is 1. The summed E-state index contributed by atoms with van der Waals surface area (Å²) in [5.74, 6) is -0.821. The molecule has 0 radical (unpaired) electrons. The Balaban J connectivity index is 1.69. The lowest BCUT2D eigenvalue weighted by molar-refractivity contribution is -0.384. The molecule has 2 amide bonds. The second-order valence-corrected chi connectivity index (χ2v) is 6.49. The van der Waals surface area contributed by atoms with Gasteiger partial charge in [-0.15, -0.1) is 11.3 Å². The summed E-state index contributed by atoms with van der Waals surface area (Å²) in [6.07, 6.45) is 0. The maximum Gasteiger partial charge on any atom is 0.275 e. The molecule has 0 bridgehead atoms. The molecule has 0 atom stereocenters. The number of carbonyl (C=O) groups is 2. The SMILES string of the molecule is COc1ccc(C(=O)Nc2nc(C(=O)Nc3cc([N+](=O)[O-])ccc3O)cs2)cc1. The number of rotatable bonds is 6. The normalized spacial score (nSPS) is 10.2. The van der Waals surface area contributed by atoms with E-state index in [1.807, 2.05) is 0 Å². The van der Waals surface area contributed by atoms with E-state index in [0.29, 0.717) is 11.3 Å². The molecule has 1 aromatic heterocycles. The zero-order chi connectivity index (χ0) is 21.0. The molecule has 0 aliphatic rings. The van der Waals surface area contributed by atoms with E-state index in [1.165, 1.54) is 12.5 Å². The molecule has 3 aromatic rings. The largest absolute Gasteiger partial charge is 0.506 e. The lowest BCUT2D eigenvalue weighted by Crippen LogP contribution is -2.14. The van der Waals surface area contributed by atoms with Crippen molar-refractivity contribution in [1.29, 1.82) is 0 Å². The maximum atomic E-state index is 12.3. The average molecular weight is 414 g/mol. The van der Waals surface area contributed by atoms with Crippen LogP contribution in [0.4, 0.5) is 16.5 Å². The number of nitrogens with zero attached hydrogens (tertiary/aromatic N) is 2. The smallest absolute Gasteiger partial charge is 0.275 e. The summed E-state index contributed by atoms with van der Waals surface area (Å²) in [6, 6.07) is 9.70. The monoisotopic (exact) mass is 414 g/mol. The summed E-state index contributed by atoms with van der Waals surface area (Å²) < 4.78 is 5.03. The summed E-state index contributed by atoms with van der Waals surface area (Å²) >= 11 is 1.03. The number of phenols is 1. The number of anilines is 2. The van der Waals surface area contributed by atoms with E-state index in [-0.39, 0.29) is 27.9 Å². The highest BCUT2D eigenvalue weighted by Crippen LogP contribution is 2.28. The van der Waals surface area contributed by atoms with Crippen molar-refractivity contribution in [3.8, 4) is 11.5 Å². The van der Waals surface area contributed by atoms with Gasteiger partial charge in [0.1, 0.15) is 17.2 Å². The third kappa shape index (κ3) is 4.65. The number of hydrogen-bond donors (Lipinski definition) is 3. The van der Waals surface area contributed by atoms with E-state index in [0.717, 1.165) is 29.5 Å². The van der Waals surface area contributed by atoms with Crippen LogP contribution in [0.5, 0.6) is 11.5 Å². The van der Waals surface area contributed by atoms with Gasteiger partial charge in [0.15, 0.2) is 5.13 Å². The van der Waals surface area contributed by atoms with Crippen LogP contribution in [0, 0.1) is 10.1 Å². The number of benzene rings is 2. The molecule has 10 nitrogen and oxygen atoms in total. The highest BCUT2D eigenvalue weighted by molar-refractivity contribution is 7.14. The van der Waals surface area contributed by atoms with Crippen LogP contribution in [0.1, 0.15) is 20.8 Å². The first-order valence-corrected chi connectivity index (χ1v) is 8.95. The molecule has 0 aliphatic carbocycles. The second-order valence-electron chi connectivity index (χ2n) is 5.63. The summed E-state index contributed by atoms with van der Waals surface area (Å²) in [6.45, 7) is 0. The summed E-state index contributed by atoms with van der Waals surface area (Å²) in [7, 11) is 1.52. The van der Waals surface area contributed by atoms with E-state index >= 15 is 0 Å². The third-order valence-electron chi connectivity index (χ3n) is 3.75. The topological polar surface area (TPSA) is 144 Å². The number of non-ortho nitro benzene ring substituents is 1. The molecule has 0 spiro atoms. The molecule has 29 heavy (non-hydrogen) atoms. The number of nitrogens with one attached hydrogen (secondary N) is 2. The standard InChI is InChI=1S/C18H14N4O6S/c1-28-12-5-2-10(3-6-12)16(24)21-18-20-14(9-29-18)17(25)19-13-8-11(22(26)27)4-7-15(13)23/h2-9,23H,1H3,(H,19,25)(H,20,21,24). The predicted octanol–water partition coefficient (Wildman–Crippen LogP) is 3.27. The van der Waals surface area contributed by atoms with Gasteiger partial charge in [-0.3, -0.25) is 25.0 Å². The van der Waals surface area contributed by atoms with Gasteiger partial charge >= 0.3 is 0 Å². The van der Waals surface area contributed by atoms with Crippen LogP contribution in [0.25, 0.3) is 0 Å². The number of nitro benzene ring substituents is 1. The number of ether oxygens (including phenoxy) is 1. The Morgan fingerprint density at radius 3 is 2.52 bits per heavy atom. The number of amides is 2. The quantitative estimate of drug-likeness (QED) is 0.319. The van der Waals surface area contributed by atoms with Crippen LogP contribution >= 0.6 is 11.3 Å². The molecule has 0 saturated heterocycles. The van der Waals surface area contributed by atoms with E-state index in [1.54, 1.807) is 24.3 Å². The van der Waals surface area contributed by atoms with Crippen LogP contribution in [-0.2, 0) is 0 Å². The van der Waals surface area contributed by atoms with E-state index < -0.39 is 16.7 Å². The van der Waals surface area contributed by atoms with Crippen molar-refractivity contribution < 1.29 is 24.4 Å². The zero-order valence-electron chi connectivity index (χ0n) is 14.9. The van der Waals surface area contributed by atoms with Crippen LogP contribution in [0.2, 0.25) is 0 Å². The molecule has 0 fully saturated rings. The first-order valence-electron chi connectivity index (χ1n) is 8.07. The highest BCUT2D eigenvalue weighted by atomic mass is 32.1. The number of hydrogen-bond acceptors (Lipinski definition) is 8. The molecular weight excluding hydrogens is 400 g/mol. The lowest BCUT2D eigenvalue weighted by atomic mass is 10.2. The number of carbonyl (C=O) groups excluding carboxylic acids is 2. The Labute approximate surface area is 167 Å². The fourth-order valence-corrected chi connectivity index (χ4v) is 2.96. The molecule has 2 aromatic carbocycles. The average Bonchev–Trinajstić information content (AvgIpc) is 3.18. The Morgan fingerprint density at radius 1 is 1.14 bits per heavy atom. The molecule has 148 valence electrons. The number of methoxy groups -OCH3 is 1.